The van der Waals surface area contributed by atoms with Gasteiger partial charge in [-0.1, -0.05) is 0 Å². The van der Waals surface area contributed by atoms with Crippen LogP contribution in [0.4, 0.5) is 0 Å². The number of aryl methyl sites for hydroxylation is 1. The summed E-state index contributed by atoms with van der Waals surface area (Å²) in [5.74, 6) is 0.627. The summed E-state index contributed by atoms with van der Waals surface area (Å²) in [6.45, 7) is 6.67. The molecule has 0 spiro atoms. The van der Waals surface area contributed by atoms with Gasteiger partial charge in [-0.25, -0.2) is 4.99 Å². The van der Waals surface area contributed by atoms with Crippen LogP contribution >= 0.6 is 11.3 Å². The van der Waals surface area contributed by atoms with Gasteiger partial charge >= 0.3 is 0 Å². The number of carbonyl (C=O) groups excluding carboxylic acids is 1. The predicted molar refractivity (Wildman–Crippen MR) is 98.4 cm³/mol. The molecule has 6 nitrogen and oxygen atoms in total. The lowest BCUT2D eigenvalue weighted by molar-refractivity contribution is 0.0954. The third-order valence-electron chi connectivity index (χ3n) is 3.32. The Labute approximate surface area is 146 Å². The van der Waals surface area contributed by atoms with Gasteiger partial charge in [0.1, 0.15) is 0 Å². The molecule has 0 aromatic carbocycles. The van der Waals surface area contributed by atoms with Crippen molar-refractivity contribution in [1.82, 2.24) is 20.9 Å². The van der Waals surface area contributed by atoms with Gasteiger partial charge in [-0.05, 0) is 43.0 Å². The molecule has 0 aliphatic carbocycles. The Morgan fingerprint density at radius 1 is 1.25 bits per heavy atom. The number of nitrogens with zero attached hydrogens (tertiary/aromatic N) is 2. The molecule has 1 amide bonds. The second kappa shape index (κ2) is 9.67. The molecule has 2 rings (SSSR count). The van der Waals surface area contributed by atoms with Crippen LogP contribution < -0.4 is 16.0 Å². The number of aliphatic imine (C=N–C) groups is 1. The van der Waals surface area contributed by atoms with Gasteiger partial charge in [-0.2, -0.15) is 0 Å². The molecule has 7 heteroatoms. The average molecular weight is 345 g/mol. The number of carbonyl (C=O) groups is 1. The standard InChI is InChI=1S/C17H23N5OS/c1-3-19-17(22-12-15-13(2)6-10-24-15)21-9-8-20-16(23)14-5-4-7-18-11-14/h4-7,10-11H,3,8-9,12H2,1-2H3,(H,20,23)(H2,19,21,22). The highest BCUT2D eigenvalue weighted by molar-refractivity contribution is 7.10. The number of hydrogen-bond donors (Lipinski definition) is 3. The van der Waals surface area contributed by atoms with Crippen LogP contribution in [0.1, 0.15) is 27.7 Å². The second-order valence-corrected chi connectivity index (χ2v) is 6.15. The van der Waals surface area contributed by atoms with E-state index in [-0.39, 0.29) is 5.91 Å². The maximum atomic E-state index is 11.9. The van der Waals surface area contributed by atoms with Crippen molar-refractivity contribution < 1.29 is 4.79 Å². The average Bonchev–Trinajstić information content (AvgIpc) is 3.02. The predicted octanol–water partition coefficient (Wildman–Crippen LogP) is 1.94. The zero-order valence-electron chi connectivity index (χ0n) is 14.0. The Morgan fingerprint density at radius 3 is 2.75 bits per heavy atom. The van der Waals surface area contributed by atoms with Crippen LogP contribution in [0.2, 0.25) is 0 Å². The molecule has 3 N–H and O–H groups in total. The first-order chi connectivity index (χ1) is 11.7. The zero-order valence-corrected chi connectivity index (χ0v) is 14.8. The molecule has 2 aromatic heterocycles. The van der Waals surface area contributed by atoms with Gasteiger partial charge < -0.3 is 16.0 Å². The normalized spacial score (nSPS) is 11.2. The van der Waals surface area contributed by atoms with Crippen LogP contribution in [0.25, 0.3) is 0 Å². The highest BCUT2D eigenvalue weighted by Crippen LogP contribution is 2.16. The second-order valence-electron chi connectivity index (χ2n) is 5.15. The van der Waals surface area contributed by atoms with E-state index in [4.69, 9.17) is 0 Å². The quantitative estimate of drug-likeness (QED) is 0.407. The number of guanidine groups is 1. The fraction of sp³-hybridized carbons (Fsp3) is 0.353. The zero-order chi connectivity index (χ0) is 17.2. The van der Waals surface area contributed by atoms with E-state index in [1.807, 2.05) is 6.92 Å². The summed E-state index contributed by atoms with van der Waals surface area (Å²) in [5, 5.41) is 11.4. The van der Waals surface area contributed by atoms with E-state index in [0.29, 0.717) is 25.2 Å². The van der Waals surface area contributed by atoms with E-state index < -0.39 is 0 Å². The van der Waals surface area contributed by atoms with Crippen molar-refractivity contribution in [3.63, 3.8) is 0 Å². The Balaban J connectivity index is 1.77. The van der Waals surface area contributed by atoms with Crippen LogP contribution in [-0.4, -0.2) is 36.5 Å². The maximum Gasteiger partial charge on any atom is 0.252 e. The minimum absolute atomic E-state index is 0.124. The van der Waals surface area contributed by atoms with E-state index in [2.05, 4.69) is 44.3 Å². The Morgan fingerprint density at radius 2 is 2.08 bits per heavy atom. The van der Waals surface area contributed by atoms with Crippen molar-refractivity contribution in [3.8, 4) is 0 Å². The number of hydrogen-bond acceptors (Lipinski definition) is 4. The molecule has 128 valence electrons. The Hall–Kier alpha value is -2.41. The third-order valence-corrected chi connectivity index (χ3v) is 4.33. The van der Waals surface area contributed by atoms with Crippen molar-refractivity contribution in [2.75, 3.05) is 19.6 Å². The monoisotopic (exact) mass is 345 g/mol. The summed E-state index contributed by atoms with van der Waals surface area (Å²) in [7, 11) is 0. The van der Waals surface area contributed by atoms with E-state index in [0.717, 1.165) is 12.5 Å². The van der Waals surface area contributed by atoms with Gasteiger partial charge in [0.05, 0.1) is 12.1 Å². The van der Waals surface area contributed by atoms with Crippen LogP contribution in [0.3, 0.4) is 0 Å². The number of pyridine rings is 1. The molecule has 0 saturated heterocycles. The van der Waals surface area contributed by atoms with Gasteiger partial charge in [-0.15, -0.1) is 11.3 Å². The number of amides is 1. The third kappa shape index (κ3) is 5.66. The highest BCUT2D eigenvalue weighted by atomic mass is 32.1. The highest BCUT2D eigenvalue weighted by Gasteiger charge is 2.04. The van der Waals surface area contributed by atoms with Gasteiger partial charge in [0.25, 0.3) is 5.91 Å². The van der Waals surface area contributed by atoms with Gasteiger partial charge in [0, 0.05) is 36.9 Å². The van der Waals surface area contributed by atoms with Crippen molar-refractivity contribution in [1.29, 1.82) is 0 Å². The molecule has 0 atom stereocenters. The summed E-state index contributed by atoms with van der Waals surface area (Å²) < 4.78 is 0. The first kappa shape index (κ1) is 17.9. The molecule has 0 aliphatic heterocycles. The lowest BCUT2D eigenvalue weighted by Crippen LogP contribution is -2.41. The molecular formula is C17H23N5OS. The lowest BCUT2D eigenvalue weighted by Gasteiger charge is -2.11. The topological polar surface area (TPSA) is 78.4 Å². The molecular weight excluding hydrogens is 322 g/mol. The first-order valence-electron chi connectivity index (χ1n) is 7.94. The van der Waals surface area contributed by atoms with Crippen molar-refractivity contribution in [3.05, 3.63) is 52.0 Å². The summed E-state index contributed by atoms with van der Waals surface area (Å²) in [5.41, 5.74) is 1.83. The summed E-state index contributed by atoms with van der Waals surface area (Å²) in [6.07, 6.45) is 3.20. The first-order valence-corrected chi connectivity index (χ1v) is 8.82. The van der Waals surface area contributed by atoms with Gasteiger partial charge in [0.2, 0.25) is 0 Å². The van der Waals surface area contributed by atoms with Gasteiger partial charge in [-0.3, -0.25) is 9.78 Å². The van der Waals surface area contributed by atoms with Gasteiger partial charge in [0.15, 0.2) is 5.96 Å². The summed E-state index contributed by atoms with van der Waals surface area (Å²) in [6, 6.07) is 5.59. The van der Waals surface area contributed by atoms with E-state index in [1.165, 1.54) is 10.4 Å². The van der Waals surface area contributed by atoms with Crippen molar-refractivity contribution in [2.24, 2.45) is 4.99 Å². The maximum absolute atomic E-state index is 11.9. The number of nitrogens with one attached hydrogen (secondary N) is 3. The molecule has 0 unspecified atom stereocenters. The SMILES string of the molecule is CCNC(=NCc1sccc1C)NCCNC(=O)c1cccnc1. The minimum atomic E-state index is -0.124. The van der Waals surface area contributed by atoms with Crippen molar-refractivity contribution in [2.45, 2.75) is 20.4 Å². The van der Waals surface area contributed by atoms with Crippen LogP contribution in [0.5, 0.6) is 0 Å². The Bertz CT molecular complexity index is 669. The number of rotatable bonds is 7. The minimum Gasteiger partial charge on any atom is -0.357 e. The molecule has 0 saturated carbocycles. The number of thiophene rings is 1. The summed E-state index contributed by atoms with van der Waals surface area (Å²) in [4.78, 5) is 21.7. The largest absolute Gasteiger partial charge is 0.357 e. The van der Waals surface area contributed by atoms with Crippen LogP contribution in [0, 0.1) is 6.92 Å². The molecule has 0 bridgehead atoms. The Kier molecular flexibility index (Phi) is 7.22. The summed E-state index contributed by atoms with van der Waals surface area (Å²) >= 11 is 1.71. The molecule has 24 heavy (non-hydrogen) atoms. The van der Waals surface area contributed by atoms with E-state index in [9.17, 15) is 4.79 Å². The molecule has 0 aliphatic rings. The molecule has 2 heterocycles. The molecule has 0 radical (unpaired) electrons. The van der Waals surface area contributed by atoms with Crippen LogP contribution in [-0.2, 0) is 6.54 Å². The fourth-order valence-electron chi connectivity index (χ4n) is 2.01. The smallest absolute Gasteiger partial charge is 0.252 e. The van der Waals surface area contributed by atoms with Crippen LogP contribution in [0.15, 0.2) is 41.0 Å². The number of aromatic nitrogens is 1. The van der Waals surface area contributed by atoms with E-state index >= 15 is 0 Å². The van der Waals surface area contributed by atoms with E-state index in [1.54, 1.807) is 35.9 Å². The van der Waals surface area contributed by atoms with Crippen molar-refractivity contribution >= 4 is 23.2 Å². The lowest BCUT2D eigenvalue weighted by atomic mass is 10.3. The molecule has 0 fully saturated rings. The molecule has 2 aromatic rings. The fourth-order valence-corrected chi connectivity index (χ4v) is 2.84.